The fraction of sp³-hybridized carbons (Fsp3) is 0.0833. The van der Waals surface area contributed by atoms with Gasteiger partial charge in [-0.3, -0.25) is 10.8 Å². The van der Waals surface area contributed by atoms with E-state index < -0.39 is 17.7 Å². The van der Waals surface area contributed by atoms with Gasteiger partial charge in [-0.25, -0.2) is 14.2 Å². The van der Waals surface area contributed by atoms with Crippen LogP contribution in [-0.2, 0) is 0 Å². The van der Waals surface area contributed by atoms with Gasteiger partial charge in [0.05, 0.1) is 6.04 Å². The van der Waals surface area contributed by atoms with Crippen LogP contribution in [0.15, 0.2) is 41.1 Å². The first-order chi connectivity index (χ1) is 8.63. The molecule has 0 amide bonds. The van der Waals surface area contributed by atoms with Crippen LogP contribution in [0.25, 0.3) is 0 Å². The number of benzene rings is 1. The van der Waals surface area contributed by atoms with E-state index in [9.17, 15) is 8.78 Å². The monoisotopic (exact) mass is 313 g/mol. The first-order valence-electron chi connectivity index (χ1n) is 5.14. The summed E-state index contributed by atoms with van der Waals surface area (Å²) < 4.78 is 28.1. The van der Waals surface area contributed by atoms with Gasteiger partial charge >= 0.3 is 0 Å². The molecule has 1 atom stereocenters. The predicted molar refractivity (Wildman–Crippen MR) is 67.5 cm³/mol. The molecule has 0 bridgehead atoms. The predicted octanol–water partition coefficient (Wildman–Crippen LogP) is 2.68. The maximum Gasteiger partial charge on any atom is 0.131 e. The van der Waals surface area contributed by atoms with Crippen LogP contribution in [0.4, 0.5) is 8.78 Å². The van der Waals surface area contributed by atoms with E-state index in [-0.39, 0.29) is 5.56 Å². The highest BCUT2D eigenvalue weighted by Gasteiger charge is 2.21. The standard InChI is InChI=1S/C12H10BrF2N3/c13-8-4-7(5-17-6-8)12(18-16)11-9(14)2-1-3-10(11)15/h1-6,12,18H,16H2. The van der Waals surface area contributed by atoms with E-state index in [2.05, 4.69) is 26.3 Å². The molecule has 6 heteroatoms. The number of hydrazine groups is 1. The fourth-order valence-corrected chi connectivity index (χ4v) is 2.10. The third kappa shape index (κ3) is 2.55. The molecule has 0 aliphatic carbocycles. The molecule has 0 fully saturated rings. The van der Waals surface area contributed by atoms with Gasteiger partial charge in [-0.05, 0) is 39.7 Å². The van der Waals surface area contributed by atoms with Crippen LogP contribution in [0.5, 0.6) is 0 Å². The minimum atomic E-state index is -0.795. The Kier molecular flexibility index (Phi) is 4.00. The van der Waals surface area contributed by atoms with E-state index in [1.54, 1.807) is 12.3 Å². The minimum absolute atomic E-state index is 0.125. The molecular formula is C12H10BrF2N3. The Hall–Kier alpha value is -1.37. The van der Waals surface area contributed by atoms with E-state index in [1.165, 1.54) is 24.4 Å². The fourth-order valence-electron chi connectivity index (χ4n) is 1.72. The minimum Gasteiger partial charge on any atom is -0.271 e. The zero-order chi connectivity index (χ0) is 13.1. The smallest absolute Gasteiger partial charge is 0.131 e. The maximum absolute atomic E-state index is 13.7. The molecule has 1 heterocycles. The molecule has 3 nitrogen and oxygen atoms in total. The molecule has 0 aliphatic rings. The van der Waals surface area contributed by atoms with Gasteiger partial charge in [-0.1, -0.05) is 6.07 Å². The average molecular weight is 314 g/mol. The SMILES string of the molecule is NNC(c1cncc(Br)c1)c1c(F)cccc1F. The van der Waals surface area contributed by atoms with Gasteiger partial charge in [0.25, 0.3) is 0 Å². The number of nitrogens with zero attached hydrogens (tertiary/aromatic N) is 1. The number of aromatic nitrogens is 1. The van der Waals surface area contributed by atoms with E-state index >= 15 is 0 Å². The number of hydrogen-bond donors (Lipinski definition) is 2. The second kappa shape index (κ2) is 5.51. The summed E-state index contributed by atoms with van der Waals surface area (Å²) in [6.07, 6.45) is 3.08. The van der Waals surface area contributed by atoms with Crippen LogP contribution < -0.4 is 11.3 Å². The number of nitrogens with two attached hydrogens (primary N) is 1. The molecule has 2 rings (SSSR count). The Balaban J connectivity index is 2.52. The average Bonchev–Trinajstić information content (AvgIpc) is 2.34. The van der Waals surface area contributed by atoms with Gasteiger partial charge in [0.1, 0.15) is 11.6 Å². The van der Waals surface area contributed by atoms with Crippen molar-refractivity contribution in [3.8, 4) is 0 Å². The normalized spacial score (nSPS) is 12.4. The third-order valence-electron chi connectivity index (χ3n) is 2.51. The molecule has 2 aromatic rings. The van der Waals surface area contributed by atoms with Crippen molar-refractivity contribution in [3.05, 3.63) is 63.9 Å². The molecule has 0 spiro atoms. The Bertz CT molecular complexity index is 543. The van der Waals surface area contributed by atoms with Crippen molar-refractivity contribution in [2.24, 2.45) is 5.84 Å². The second-order valence-corrected chi connectivity index (χ2v) is 4.59. The van der Waals surface area contributed by atoms with Crippen molar-refractivity contribution in [1.29, 1.82) is 0 Å². The summed E-state index contributed by atoms with van der Waals surface area (Å²) >= 11 is 3.25. The van der Waals surface area contributed by atoms with E-state index in [0.29, 0.717) is 10.0 Å². The van der Waals surface area contributed by atoms with Gasteiger partial charge in [0.2, 0.25) is 0 Å². The molecule has 0 radical (unpaired) electrons. The number of pyridine rings is 1. The first-order valence-corrected chi connectivity index (χ1v) is 5.93. The first kappa shape index (κ1) is 13.1. The highest BCUT2D eigenvalue weighted by Crippen LogP contribution is 2.27. The van der Waals surface area contributed by atoms with E-state index in [0.717, 1.165) is 0 Å². The largest absolute Gasteiger partial charge is 0.271 e. The highest BCUT2D eigenvalue weighted by atomic mass is 79.9. The van der Waals surface area contributed by atoms with Crippen molar-refractivity contribution in [2.75, 3.05) is 0 Å². The summed E-state index contributed by atoms with van der Waals surface area (Å²) in [5, 5.41) is 0. The summed E-state index contributed by atoms with van der Waals surface area (Å²) in [6, 6.07) is 4.59. The van der Waals surface area contributed by atoms with Crippen molar-refractivity contribution < 1.29 is 8.78 Å². The second-order valence-electron chi connectivity index (χ2n) is 3.67. The summed E-state index contributed by atoms with van der Waals surface area (Å²) in [5.74, 6) is 4.09. The quantitative estimate of drug-likeness (QED) is 0.676. The maximum atomic E-state index is 13.7. The zero-order valence-corrected chi connectivity index (χ0v) is 10.8. The van der Waals surface area contributed by atoms with Gasteiger partial charge in [-0.15, -0.1) is 0 Å². The lowest BCUT2D eigenvalue weighted by atomic mass is 10.00. The van der Waals surface area contributed by atoms with E-state index in [1.807, 2.05) is 0 Å². The van der Waals surface area contributed by atoms with E-state index in [4.69, 9.17) is 5.84 Å². The third-order valence-corrected chi connectivity index (χ3v) is 2.95. The van der Waals surface area contributed by atoms with Gasteiger partial charge < -0.3 is 0 Å². The molecule has 0 aliphatic heterocycles. The molecule has 1 aromatic heterocycles. The Labute approximate surface area is 111 Å². The van der Waals surface area contributed by atoms with Crippen molar-refractivity contribution in [3.63, 3.8) is 0 Å². The number of rotatable bonds is 3. The highest BCUT2D eigenvalue weighted by molar-refractivity contribution is 9.10. The molecule has 1 unspecified atom stereocenters. The molecular weight excluding hydrogens is 304 g/mol. The molecule has 0 saturated carbocycles. The molecule has 18 heavy (non-hydrogen) atoms. The van der Waals surface area contributed by atoms with Crippen LogP contribution in [0.2, 0.25) is 0 Å². The van der Waals surface area contributed by atoms with Gasteiger partial charge in [0.15, 0.2) is 0 Å². The summed E-state index contributed by atoms with van der Waals surface area (Å²) in [5.41, 5.74) is 2.84. The number of nitrogens with one attached hydrogen (secondary N) is 1. The van der Waals surface area contributed by atoms with Crippen LogP contribution in [0.1, 0.15) is 17.2 Å². The zero-order valence-electron chi connectivity index (χ0n) is 9.20. The molecule has 1 aromatic carbocycles. The Morgan fingerprint density at radius 1 is 1.22 bits per heavy atom. The Morgan fingerprint density at radius 3 is 2.44 bits per heavy atom. The summed E-state index contributed by atoms with van der Waals surface area (Å²) in [7, 11) is 0. The molecule has 94 valence electrons. The number of hydrogen-bond acceptors (Lipinski definition) is 3. The molecule has 0 saturated heterocycles. The van der Waals surface area contributed by atoms with Crippen molar-refractivity contribution in [1.82, 2.24) is 10.4 Å². The lowest BCUT2D eigenvalue weighted by Crippen LogP contribution is -2.30. The van der Waals surface area contributed by atoms with Crippen LogP contribution in [-0.4, -0.2) is 4.98 Å². The number of halogens is 3. The Morgan fingerprint density at radius 2 is 1.89 bits per heavy atom. The topological polar surface area (TPSA) is 50.9 Å². The van der Waals surface area contributed by atoms with Gasteiger partial charge in [-0.2, -0.15) is 0 Å². The lowest BCUT2D eigenvalue weighted by Gasteiger charge is -2.18. The van der Waals surface area contributed by atoms with Crippen LogP contribution in [0.3, 0.4) is 0 Å². The summed E-state index contributed by atoms with van der Waals surface area (Å²) in [4.78, 5) is 3.95. The van der Waals surface area contributed by atoms with Crippen molar-refractivity contribution in [2.45, 2.75) is 6.04 Å². The molecule has 3 N–H and O–H groups in total. The van der Waals surface area contributed by atoms with Crippen molar-refractivity contribution >= 4 is 15.9 Å². The van der Waals surface area contributed by atoms with Gasteiger partial charge in [0, 0.05) is 22.4 Å². The van der Waals surface area contributed by atoms with Crippen LogP contribution in [0, 0.1) is 11.6 Å². The van der Waals surface area contributed by atoms with Crippen LogP contribution >= 0.6 is 15.9 Å². The summed E-state index contributed by atoms with van der Waals surface area (Å²) in [6.45, 7) is 0. The lowest BCUT2D eigenvalue weighted by molar-refractivity contribution is 0.510.